The monoisotopic (exact) mass is 223 g/mol. The van der Waals surface area contributed by atoms with Gasteiger partial charge in [-0.05, 0) is 45.4 Å². The molecule has 1 aliphatic carbocycles. The van der Waals surface area contributed by atoms with Gasteiger partial charge in [0.05, 0.1) is 18.2 Å². The number of ether oxygens (including phenoxy) is 1. The molecule has 2 heteroatoms. The molecule has 0 radical (unpaired) electrons. The molecule has 1 heterocycles. The summed E-state index contributed by atoms with van der Waals surface area (Å²) < 4.78 is 5.88. The summed E-state index contributed by atoms with van der Waals surface area (Å²) in [5.41, 5.74) is 7.80. The van der Waals surface area contributed by atoms with Gasteiger partial charge in [-0.25, -0.2) is 0 Å². The lowest BCUT2D eigenvalue weighted by Gasteiger charge is -2.23. The standard InChI is InChI=1S/C14H25NO/c1-11-9-10-13(16-11)14(15)12-7-5-3-2-4-6-8-12/h7,11,13-14H,2-6,8-10,15H2,1H3. The van der Waals surface area contributed by atoms with Crippen molar-refractivity contribution >= 4 is 0 Å². The molecule has 1 fully saturated rings. The van der Waals surface area contributed by atoms with E-state index in [1.165, 1.54) is 50.5 Å². The zero-order valence-electron chi connectivity index (χ0n) is 10.5. The molecule has 2 N–H and O–H groups in total. The van der Waals surface area contributed by atoms with Crippen LogP contribution in [-0.4, -0.2) is 18.2 Å². The van der Waals surface area contributed by atoms with Crippen LogP contribution >= 0.6 is 0 Å². The molecule has 1 saturated heterocycles. The lowest BCUT2D eigenvalue weighted by molar-refractivity contribution is 0.0462. The van der Waals surface area contributed by atoms with Gasteiger partial charge in [0.1, 0.15) is 0 Å². The van der Waals surface area contributed by atoms with Crippen LogP contribution in [0.1, 0.15) is 58.3 Å². The molecule has 0 saturated carbocycles. The molecule has 3 unspecified atom stereocenters. The Morgan fingerprint density at radius 2 is 2.06 bits per heavy atom. The summed E-state index contributed by atoms with van der Waals surface area (Å²) in [6.45, 7) is 2.15. The van der Waals surface area contributed by atoms with Crippen molar-refractivity contribution in [3.8, 4) is 0 Å². The van der Waals surface area contributed by atoms with Crippen LogP contribution < -0.4 is 5.73 Å². The molecule has 92 valence electrons. The average Bonchev–Trinajstić information content (AvgIpc) is 2.63. The minimum atomic E-state index is 0.156. The SMILES string of the molecule is CC1CCC(C(N)C2=CCCCCCC2)O1. The molecule has 0 aromatic heterocycles. The van der Waals surface area contributed by atoms with Crippen molar-refractivity contribution in [1.82, 2.24) is 0 Å². The fraction of sp³-hybridized carbons (Fsp3) is 0.857. The Hall–Kier alpha value is -0.340. The molecule has 0 aromatic rings. The van der Waals surface area contributed by atoms with Crippen molar-refractivity contribution in [2.24, 2.45) is 5.73 Å². The molecule has 1 aliphatic heterocycles. The molecule has 2 rings (SSSR count). The van der Waals surface area contributed by atoms with Crippen molar-refractivity contribution in [1.29, 1.82) is 0 Å². The van der Waals surface area contributed by atoms with Crippen molar-refractivity contribution in [2.45, 2.75) is 76.5 Å². The van der Waals surface area contributed by atoms with Gasteiger partial charge in [-0.1, -0.05) is 24.5 Å². The van der Waals surface area contributed by atoms with Crippen LogP contribution in [0.2, 0.25) is 0 Å². The highest BCUT2D eigenvalue weighted by molar-refractivity contribution is 5.13. The predicted molar refractivity (Wildman–Crippen MR) is 67.3 cm³/mol. The first-order chi connectivity index (χ1) is 7.77. The second-order valence-corrected chi connectivity index (χ2v) is 5.32. The van der Waals surface area contributed by atoms with E-state index in [0.717, 1.165) is 6.42 Å². The van der Waals surface area contributed by atoms with Crippen LogP contribution in [0.4, 0.5) is 0 Å². The molecule has 0 amide bonds. The zero-order chi connectivity index (χ0) is 11.4. The highest BCUT2D eigenvalue weighted by Gasteiger charge is 2.29. The fourth-order valence-corrected chi connectivity index (χ4v) is 2.86. The van der Waals surface area contributed by atoms with E-state index in [1.807, 2.05) is 0 Å². The Labute approximate surface area is 99.2 Å². The smallest absolute Gasteiger partial charge is 0.0768 e. The van der Waals surface area contributed by atoms with E-state index in [1.54, 1.807) is 0 Å². The van der Waals surface area contributed by atoms with Crippen molar-refractivity contribution in [2.75, 3.05) is 0 Å². The maximum absolute atomic E-state index is 6.34. The number of nitrogens with two attached hydrogens (primary N) is 1. The first-order valence-electron chi connectivity index (χ1n) is 6.87. The maximum Gasteiger partial charge on any atom is 0.0768 e. The van der Waals surface area contributed by atoms with Crippen LogP contribution in [0, 0.1) is 0 Å². The van der Waals surface area contributed by atoms with E-state index in [0.29, 0.717) is 6.10 Å². The summed E-state index contributed by atoms with van der Waals surface area (Å²) in [5.74, 6) is 0. The van der Waals surface area contributed by atoms with Gasteiger partial charge in [0.15, 0.2) is 0 Å². The van der Waals surface area contributed by atoms with Crippen molar-refractivity contribution in [3.05, 3.63) is 11.6 Å². The first-order valence-corrected chi connectivity index (χ1v) is 6.87. The van der Waals surface area contributed by atoms with Crippen LogP contribution in [0.5, 0.6) is 0 Å². The third-order valence-electron chi connectivity index (χ3n) is 3.92. The molecule has 2 aliphatic rings. The Bertz CT molecular complexity index is 249. The van der Waals surface area contributed by atoms with E-state index in [4.69, 9.17) is 10.5 Å². The van der Waals surface area contributed by atoms with Gasteiger partial charge in [0.2, 0.25) is 0 Å². The molecular formula is C14H25NO. The normalized spacial score (nSPS) is 34.0. The fourth-order valence-electron chi connectivity index (χ4n) is 2.86. The van der Waals surface area contributed by atoms with E-state index in [9.17, 15) is 0 Å². The molecule has 0 bridgehead atoms. The molecule has 0 aromatic carbocycles. The Balaban J connectivity index is 1.93. The van der Waals surface area contributed by atoms with Crippen molar-refractivity contribution in [3.63, 3.8) is 0 Å². The minimum absolute atomic E-state index is 0.156. The number of rotatable bonds is 2. The van der Waals surface area contributed by atoms with E-state index < -0.39 is 0 Å². The zero-order valence-corrected chi connectivity index (χ0v) is 10.5. The largest absolute Gasteiger partial charge is 0.373 e. The van der Waals surface area contributed by atoms with Crippen LogP contribution in [0.25, 0.3) is 0 Å². The maximum atomic E-state index is 6.34. The Morgan fingerprint density at radius 3 is 2.81 bits per heavy atom. The lowest BCUT2D eigenvalue weighted by atomic mass is 9.92. The summed E-state index contributed by atoms with van der Waals surface area (Å²) in [6, 6.07) is 0.156. The summed E-state index contributed by atoms with van der Waals surface area (Å²) in [7, 11) is 0. The number of hydrogen-bond acceptors (Lipinski definition) is 2. The molecular weight excluding hydrogens is 198 g/mol. The van der Waals surface area contributed by atoms with Gasteiger partial charge in [-0.3, -0.25) is 0 Å². The van der Waals surface area contributed by atoms with Gasteiger partial charge in [-0.15, -0.1) is 0 Å². The second kappa shape index (κ2) is 5.83. The Kier molecular flexibility index (Phi) is 4.42. The third-order valence-corrected chi connectivity index (χ3v) is 3.92. The van der Waals surface area contributed by atoms with E-state index in [-0.39, 0.29) is 12.1 Å². The molecule has 2 nitrogen and oxygen atoms in total. The van der Waals surface area contributed by atoms with Gasteiger partial charge in [-0.2, -0.15) is 0 Å². The Morgan fingerprint density at radius 1 is 1.25 bits per heavy atom. The molecule has 3 atom stereocenters. The third kappa shape index (κ3) is 3.08. The minimum Gasteiger partial charge on any atom is -0.373 e. The quantitative estimate of drug-likeness (QED) is 0.730. The molecule has 16 heavy (non-hydrogen) atoms. The lowest BCUT2D eigenvalue weighted by Crippen LogP contribution is -2.36. The number of hydrogen-bond donors (Lipinski definition) is 1. The summed E-state index contributed by atoms with van der Waals surface area (Å²) in [5, 5.41) is 0. The van der Waals surface area contributed by atoms with E-state index in [2.05, 4.69) is 13.0 Å². The van der Waals surface area contributed by atoms with Gasteiger partial charge in [0.25, 0.3) is 0 Å². The van der Waals surface area contributed by atoms with Crippen molar-refractivity contribution < 1.29 is 4.74 Å². The van der Waals surface area contributed by atoms with E-state index >= 15 is 0 Å². The number of allylic oxidation sites excluding steroid dienone is 1. The predicted octanol–water partition coefficient (Wildman–Crippen LogP) is 3.16. The summed E-state index contributed by atoms with van der Waals surface area (Å²) in [4.78, 5) is 0. The van der Waals surface area contributed by atoms with Gasteiger partial charge in [0, 0.05) is 0 Å². The van der Waals surface area contributed by atoms with Gasteiger partial charge >= 0.3 is 0 Å². The van der Waals surface area contributed by atoms with Crippen LogP contribution in [0.15, 0.2) is 11.6 Å². The highest BCUT2D eigenvalue weighted by atomic mass is 16.5. The second-order valence-electron chi connectivity index (χ2n) is 5.32. The first kappa shape index (κ1) is 12.1. The summed E-state index contributed by atoms with van der Waals surface area (Å²) in [6.07, 6.45) is 13.2. The topological polar surface area (TPSA) is 35.2 Å². The summed E-state index contributed by atoms with van der Waals surface area (Å²) >= 11 is 0. The van der Waals surface area contributed by atoms with Crippen LogP contribution in [-0.2, 0) is 4.74 Å². The van der Waals surface area contributed by atoms with Gasteiger partial charge < -0.3 is 10.5 Å². The average molecular weight is 223 g/mol. The highest BCUT2D eigenvalue weighted by Crippen LogP contribution is 2.27. The molecule has 0 spiro atoms. The van der Waals surface area contributed by atoms with Crippen LogP contribution in [0.3, 0.4) is 0 Å².